The molecule has 0 amide bonds. The van der Waals surface area contributed by atoms with Crippen LogP contribution in [0.5, 0.6) is 0 Å². The summed E-state index contributed by atoms with van der Waals surface area (Å²) in [5.74, 6) is -2.24. The Morgan fingerprint density at radius 1 is 1.10 bits per heavy atom. The topological polar surface area (TPSA) is 78.9 Å². The van der Waals surface area contributed by atoms with Gasteiger partial charge in [-0.1, -0.05) is 12.7 Å². The first kappa shape index (κ1) is 18.9. The second-order valence-corrected chi connectivity index (χ2v) is 4.29. The van der Waals surface area contributed by atoms with E-state index in [1.807, 2.05) is 0 Å². The maximum atomic E-state index is 12.3. The fourth-order valence-electron chi connectivity index (χ4n) is 1.83. The van der Waals surface area contributed by atoms with E-state index in [9.17, 15) is 14.4 Å². The maximum Gasteiger partial charge on any atom is 0.333 e. The lowest BCUT2D eigenvalue weighted by molar-refractivity contribution is -0.172. The highest BCUT2D eigenvalue weighted by Crippen LogP contribution is 2.34. The summed E-state index contributed by atoms with van der Waals surface area (Å²) in [6.45, 7) is 10.5. The molecule has 6 nitrogen and oxygen atoms in total. The molecule has 0 aromatic carbocycles. The summed E-state index contributed by atoms with van der Waals surface area (Å²) >= 11 is 0. The van der Waals surface area contributed by atoms with E-state index in [1.54, 1.807) is 13.8 Å². The number of hydrogen-bond donors (Lipinski definition) is 0. The third-order valence-corrected chi connectivity index (χ3v) is 2.81. The first-order valence-corrected chi connectivity index (χ1v) is 6.61. The molecule has 118 valence electrons. The molecule has 0 aromatic rings. The standard InChI is InChI=1S/C15H22O6/c1-6-9-15(13(17)20-7-2,14(18)21-8-3)10-11(4)12(16)19-5/h6H,1,4,7-10H2,2-3,5H3. The van der Waals surface area contributed by atoms with Crippen LogP contribution < -0.4 is 0 Å². The van der Waals surface area contributed by atoms with Crippen molar-refractivity contribution >= 4 is 17.9 Å². The SMILES string of the molecule is C=CCC(CC(=C)C(=O)OC)(C(=O)OCC)C(=O)OCC. The summed E-state index contributed by atoms with van der Waals surface area (Å²) in [4.78, 5) is 36.0. The molecule has 0 saturated carbocycles. The molecule has 0 atom stereocenters. The molecule has 0 N–H and O–H groups in total. The van der Waals surface area contributed by atoms with Crippen molar-refractivity contribution in [3.8, 4) is 0 Å². The summed E-state index contributed by atoms with van der Waals surface area (Å²) in [6.07, 6.45) is 1.13. The Morgan fingerprint density at radius 3 is 1.90 bits per heavy atom. The molecule has 0 rings (SSSR count). The van der Waals surface area contributed by atoms with E-state index in [-0.39, 0.29) is 31.6 Å². The Labute approximate surface area is 124 Å². The minimum Gasteiger partial charge on any atom is -0.466 e. The quantitative estimate of drug-likeness (QED) is 0.212. The molecule has 0 radical (unpaired) electrons. The van der Waals surface area contributed by atoms with Crippen molar-refractivity contribution in [1.29, 1.82) is 0 Å². The summed E-state index contributed by atoms with van der Waals surface area (Å²) in [6, 6.07) is 0. The van der Waals surface area contributed by atoms with Gasteiger partial charge in [0.05, 0.1) is 20.3 Å². The Hall–Kier alpha value is -2.11. The number of ether oxygens (including phenoxy) is 3. The van der Waals surface area contributed by atoms with E-state index in [0.29, 0.717) is 0 Å². The van der Waals surface area contributed by atoms with Gasteiger partial charge >= 0.3 is 17.9 Å². The zero-order valence-electron chi connectivity index (χ0n) is 12.8. The van der Waals surface area contributed by atoms with Crippen LogP contribution in [0.15, 0.2) is 24.8 Å². The van der Waals surface area contributed by atoms with Gasteiger partial charge in [0.1, 0.15) is 0 Å². The van der Waals surface area contributed by atoms with Crippen molar-refractivity contribution in [3.63, 3.8) is 0 Å². The van der Waals surface area contributed by atoms with E-state index >= 15 is 0 Å². The summed E-state index contributed by atoms with van der Waals surface area (Å²) in [5, 5.41) is 0. The molecule has 0 heterocycles. The predicted octanol–water partition coefficient (Wildman–Crippen LogP) is 1.79. The van der Waals surface area contributed by atoms with Gasteiger partial charge in [0.25, 0.3) is 0 Å². The van der Waals surface area contributed by atoms with E-state index in [1.165, 1.54) is 13.2 Å². The average molecular weight is 298 g/mol. The largest absolute Gasteiger partial charge is 0.466 e. The molecule has 6 heteroatoms. The van der Waals surface area contributed by atoms with Crippen LogP contribution in [-0.2, 0) is 28.6 Å². The van der Waals surface area contributed by atoms with Gasteiger partial charge in [0.2, 0.25) is 0 Å². The molecule has 0 aliphatic carbocycles. The third kappa shape index (κ3) is 4.73. The van der Waals surface area contributed by atoms with Crippen LogP contribution in [0, 0.1) is 5.41 Å². The lowest BCUT2D eigenvalue weighted by atomic mass is 9.78. The molecule has 0 spiro atoms. The van der Waals surface area contributed by atoms with Crippen molar-refractivity contribution in [2.24, 2.45) is 5.41 Å². The zero-order valence-corrected chi connectivity index (χ0v) is 12.8. The van der Waals surface area contributed by atoms with Gasteiger partial charge in [-0.3, -0.25) is 9.59 Å². The molecule has 0 aliphatic rings. The van der Waals surface area contributed by atoms with Crippen molar-refractivity contribution in [1.82, 2.24) is 0 Å². The number of carbonyl (C=O) groups is 3. The molecule has 0 aromatic heterocycles. The highest BCUT2D eigenvalue weighted by atomic mass is 16.6. The van der Waals surface area contributed by atoms with E-state index in [4.69, 9.17) is 9.47 Å². The minimum atomic E-state index is -1.67. The summed E-state index contributed by atoms with van der Waals surface area (Å²) in [7, 11) is 1.19. The minimum absolute atomic E-state index is 0.0135. The number of rotatable bonds is 9. The molecular formula is C15H22O6. The number of methoxy groups -OCH3 is 1. The van der Waals surface area contributed by atoms with Gasteiger partial charge < -0.3 is 14.2 Å². The zero-order chi connectivity index (χ0) is 16.5. The van der Waals surface area contributed by atoms with Crippen LogP contribution in [0.3, 0.4) is 0 Å². The fourth-order valence-corrected chi connectivity index (χ4v) is 1.83. The molecule has 0 aliphatic heterocycles. The smallest absolute Gasteiger partial charge is 0.333 e. The monoisotopic (exact) mass is 298 g/mol. The Kier molecular flexibility index (Phi) is 8.04. The second-order valence-electron chi connectivity index (χ2n) is 4.29. The van der Waals surface area contributed by atoms with Gasteiger partial charge in [-0.2, -0.15) is 0 Å². The second kappa shape index (κ2) is 8.94. The Balaban J connectivity index is 5.61. The van der Waals surface area contributed by atoms with E-state index < -0.39 is 23.3 Å². The number of hydrogen-bond acceptors (Lipinski definition) is 6. The predicted molar refractivity (Wildman–Crippen MR) is 76.3 cm³/mol. The number of carbonyl (C=O) groups excluding carboxylic acids is 3. The highest BCUT2D eigenvalue weighted by Gasteiger charge is 2.49. The molecule has 0 saturated heterocycles. The highest BCUT2D eigenvalue weighted by molar-refractivity contribution is 6.02. The van der Waals surface area contributed by atoms with Crippen LogP contribution in [-0.4, -0.2) is 38.2 Å². The third-order valence-electron chi connectivity index (χ3n) is 2.81. The van der Waals surface area contributed by atoms with Crippen LogP contribution in [0.1, 0.15) is 26.7 Å². The Morgan fingerprint density at radius 2 is 1.57 bits per heavy atom. The van der Waals surface area contributed by atoms with Crippen LogP contribution in [0.2, 0.25) is 0 Å². The lowest BCUT2D eigenvalue weighted by Crippen LogP contribution is -2.42. The molecule has 21 heavy (non-hydrogen) atoms. The van der Waals surface area contributed by atoms with Crippen LogP contribution >= 0.6 is 0 Å². The molecule has 0 bridgehead atoms. The first-order valence-electron chi connectivity index (χ1n) is 6.61. The van der Waals surface area contributed by atoms with E-state index in [0.717, 1.165) is 0 Å². The van der Waals surface area contributed by atoms with Gasteiger partial charge in [0.15, 0.2) is 5.41 Å². The van der Waals surface area contributed by atoms with Gasteiger partial charge in [-0.15, -0.1) is 6.58 Å². The maximum absolute atomic E-state index is 12.3. The van der Waals surface area contributed by atoms with Crippen molar-refractivity contribution in [2.75, 3.05) is 20.3 Å². The van der Waals surface area contributed by atoms with Crippen molar-refractivity contribution in [3.05, 3.63) is 24.8 Å². The van der Waals surface area contributed by atoms with Gasteiger partial charge in [0, 0.05) is 12.0 Å². The van der Waals surface area contributed by atoms with Gasteiger partial charge in [-0.05, 0) is 20.3 Å². The lowest BCUT2D eigenvalue weighted by Gasteiger charge is -2.28. The molecule has 0 fully saturated rings. The normalized spacial score (nSPS) is 10.4. The summed E-state index contributed by atoms with van der Waals surface area (Å²) in [5.41, 5.74) is -1.68. The average Bonchev–Trinajstić information content (AvgIpc) is 2.45. The number of esters is 3. The Bertz CT molecular complexity index is 406. The van der Waals surface area contributed by atoms with Crippen molar-refractivity contribution < 1.29 is 28.6 Å². The van der Waals surface area contributed by atoms with Crippen molar-refractivity contribution in [2.45, 2.75) is 26.7 Å². The molecular weight excluding hydrogens is 276 g/mol. The van der Waals surface area contributed by atoms with Crippen LogP contribution in [0.25, 0.3) is 0 Å². The van der Waals surface area contributed by atoms with E-state index in [2.05, 4.69) is 17.9 Å². The van der Waals surface area contributed by atoms with Crippen LogP contribution in [0.4, 0.5) is 0 Å². The fraction of sp³-hybridized carbons (Fsp3) is 0.533. The number of allylic oxidation sites excluding steroid dienone is 1. The summed E-state index contributed by atoms with van der Waals surface area (Å²) < 4.78 is 14.5. The first-order chi connectivity index (χ1) is 9.89. The molecule has 0 unspecified atom stereocenters. The van der Waals surface area contributed by atoms with Gasteiger partial charge in [-0.25, -0.2) is 4.79 Å².